The van der Waals surface area contributed by atoms with Crippen LogP contribution < -0.4 is 10.2 Å². The monoisotopic (exact) mass is 508 g/mol. The molecule has 1 aliphatic rings. The van der Waals surface area contributed by atoms with Crippen LogP contribution in [-0.2, 0) is 21.3 Å². The highest BCUT2D eigenvalue weighted by atomic mass is 32.2. The van der Waals surface area contributed by atoms with Gasteiger partial charge < -0.3 is 19.9 Å². The van der Waals surface area contributed by atoms with Crippen LogP contribution in [0.4, 0.5) is 5.69 Å². The molecule has 2 N–H and O–H groups in total. The summed E-state index contributed by atoms with van der Waals surface area (Å²) in [7, 11) is -3.44. The normalized spacial score (nSPS) is 18.5. The van der Waals surface area contributed by atoms with Gasteiger partial charge in [0.1, 0.15) is 11.3 Å². The van der Waals surface area contributed by atoms with Gasteiger partial charge in [-0.3, -0.25) is 8.77 Å². The molecule has 36 heavy (non-hydrogen) atoms. The number of aromatic nitrogens is 4. The minimum Gasteiger partial charge on any atom is -0.372 e. The molecule has 0 aliphatic carbocycles. The first-order chi connectivity index (χ1) is 17.2. The smallest absolute Gasteiger partial charge is 0.253 e. The number of imidazole rings is 1. The molecule has 1 unspecified atom stereocenters. The summed E-state index contributed by atoms with van der Waals surface area (Å²) in [6, 6.07) is 13.6. The highest BCUT2D eigenvalue weighted by molar-refractivity contribution is 7.89. The summed E-state index contributed by atoms with van der Waals surface area (Å²) in [5, 5.41) is 2.75. The summed E-state index contributed by atoms with van der Waals surface area (Å²) in [6.07, 6.45) is 4.09. The van der Waals surface area contributed by atoms with Crippen molar-refractivity contribution >= 4 is 32.8 Å². The fourth-order valence-electron chi connectivity index (χ4n) is 4.40. The van der Waals surface area contributed by atoms with E-state index < -0.39 is 15.9 Å². The molecule has 1 fully saturated rings. The molecule has 1 aliphatic heterocycles. The zero-order chi connectivity index (χ0) is 25.4. The molecule has 0 radical (unpaired) electrons. The van der Waals surface area contributed by atoms with Crippen LogP contribution in [0, 0.1) is 0 Å². The Labute approximate surface area is 209 Å². The molecule has 188 valence electrons. The van der Waals surface area contributed by atoms with Crippen LogP contribution in [0.5, 0.6) is 0 Å². The van der Waals surface area contributed by atoms with Gasteiger partial charge in [-0.05, 0) is 44.2 Å². The molecule has 4 aromatic rings. The van der Waals surface area contributed by atoms with Crippen LogP contribution in [0.25, 0.3) is 22.4 Å². The Balaban J connectivity index is 1.27. The van der Waals surface area contributed by atoms with Gasteiger partial charge in [0.05, 0.1) is 36.3 Å². The number of carbonyl (C=O) groups excluding carboxylic acids is 1. The first kappa shape index (κ1) is 24.0. The average molecular weight is 509 g/mol. The number of fused-ring (bicyclic) bond motifs is 1. The van der Waals surface area contributed by atoms with Crippen molar-refractivity contribution in [2.75, 3.05) is 24.2 Å². The predicted molar refractivity (Wildman–Crippen MR) is 137 cm³/mol. The lowest BCUT2D eigenvalue weighted by molar-refractivity contribution is -0.00521. The number of nitrogens with zero attached hydrogens (tertiary/aromatic N) is 4. The summed E-state index contributed by atoms with van der Waals surface area (Å²) in [5.74, 6) is 0.159. The molecule has 5 rings (SSSR count). The second-order valence-electron chi connectivity index (χ2n) is 9.13. The number of amides is 1. The summed E-state index contributed by atoms with van der Waals surface area (Å²) in [6.45, 7) is 6.07. The van der Waals surface area contributed by atoms with Crippen molar-refractivity contribution in [1.82, 2.24) is 24.2 Å². The van der Waals surface area contributed by atoms with Gasteiger partial charge in [-0.15, -0.1) is 0 Å². The van der Waals surface area contributed by atoms with Crippen molar-refractivity contribution < 1.29 is 17.9 Å². The quantitative estimate of drug-likeness (QED) is 0.411. The molecular weight excluding hydrogens is 480 g/mol. The fraction of sp³-hybridized carbons (Fsp3) is 0.320. The number of anilines is 1. The van der Waals surface area contributed by atoms with Gasteiger partial charge in [0, 0.05) is 36.7 Å². The summed E-state index contributed by atoms with van der Waals surface area (Å²) >= 11 is 0. The molecule has 10 nitrogen and oxygen atoms in total. The van der Waals surface area contributed by atoms with Gasteiger partial charge in [-0.25, -0.2) is 18.4 Å². The number of nitrogens with one attached hydrogen (secondary N) is 2. The molecule has 2 atom stereocenters. The summed E-state index contributed by atoms with van der Waals surface area (Å²) < 4.78 is 30.0. The van der Waals surface area contributed by atoms with E-state index in [1.807, 2.05) is 12.1 Å². The predicted octanol–water partition coefficient (Wildman–Crippen LogP) is 2.78. The number of rotatable bonds is 6. The Morgan fingerprint density at radius 2 is 1.81 bits per heavy atom. The number of H-pyrrole nitrogens is 1. The molecule has 1 saturated heterocycles. The molecule has 11 heteroatoms. The molecule has 0 saturated carbocycles. The van der Waals surface area contributed by atoms with Crippen LogP contribution in [0.2, 0.25) is 0 Å². The summed E-state index contributed by atoms with van der Waals surface area (Å²) in [5.41, 5.74) is 4.54. The van der Waals surface area contributed by atoms with Crippen molar-refractivity contribution in [3.63, 3.8) is 0 Å². The van der Waals surface area contributed by atoms with E-state index in [1.54, 1.807) is 0 Å². The van der Waals surface area contributed by atoms with E-state index in [2.05, 4.69) is 58.3 Å². The lowest BCUT2D eigenvalue weighted by atomic mass is 10.1. The van der Waals surface area contributed by atoms with Gasteiger partial charge in [-0.1, -0.05) is 12.1 Å². The lowest BCUT2D eigenvalue weighted by Gasteiger charge is -2.36. The molecular formula is C25H28N6O4S. The number of morpholine rings is 1. The van der Waals surface area contributed by atoms with E-state index in [-0.39, 0.29) is 24.3 Å². The zero-order valence-electron chi connectivity index (χ0n) is 20.3. The molecule has 1 amide bonds. The number of aromatic amines is 1. The third kappa shape index (κ3) is 5.12. The van der Waals surface area contributed by atoms with E-state index in [4.69, 9.17) is 9.72 Å². The Hall–Kier alpha value is -3.70. The first-order valence-corrected chi connectivity index (χ1v) is 13.5. The Morgan fingerprint density at radius 1 is 1.08 bits per heavy atom. The Morgan fingerprint density at radius 3 is 2.47 bits per heavy atom. The molecule has 1 aromatic carbocycles. The number of carbonyl (C=O) groups is 1. The van der Waals surface area contributed by atoms with Gasteiger partial charge >= 0.3 is 0 Å². The third-order valence-corrected chi connectivity index (χ3v) is 7.06. The topological polar surface area (TPSA) is 122 Å². The number of hydrogen-bond acceptors (Lipinski definition) is 7. The van der Waals surface area contributed by atoms with Crippen LogP contribution in [0.1, 0.15) is 30.0 Å². The highest BCUT2D eigenvalue weighted by Gasteiger charge is 2.22. The number of ether oxygens (including phenoxy) is 1. The standard InChI is InChI=1S/C25H28N6O4S/c1-16-13-30(14-17(2)35-16)20-6-4-18(5-7-20)21-8-9-22-24(28-21)29-23(27-22)12-26-25(32)19-10-11-31(15-19)36(3,33)34/h4-11,15-17H,12-14H2,1-3H3,(H,26,32)(H,27,28,29)/t16-,17?/m0/s1. The SMILES string of the molecule is CC1CN(c2ccc(-c3ccc4nc(CNC(=O)c5ccn(S(C)(=O)=O)c5)[nH]c4n3)cc2)C[C@H](C)O1. The Kier molecular flexibility index (Phi) is 6.27. The van der Waals surface area contributed by atoms with E-state index in [0.717, 1.165) is 40.3 Å². The zero-order valence-corrected chi connectivity index (χ0v) is 21.1. The number of hydrogen-bond donors (Lipinski definition) is 2. The van der Waals surface area contributed by atoms with Gasteiger partial charge in [0.2, 0.25) is 10.0 Å². The van der Waals surface area contributed by atoms with E-state index in [1.165, 1.54) is 18.5 Å². The average Bonchev–Trinajstić information content (AvgIpc) is 3.49. The molecule has 0 spiro atoms. The Bertz CT molecular complexity index is 1500. The van der Waals surface area contributed by atoms with Crippen LogP contribution in [-0.4, -0.2) is 64.8 Å². The second kappa shape index (κ2) is 9.40. The number of benzene rings is 1. The fourth-order valence-corrected chi connectivity index (χ4v) is 4.99. The molecule has 3 aromatic heterocycles. The second-order valence-corrected chi connectivity index (χ2v) is 11.0. The van der Waals surface area contributed by atoms with Crippen molar-refractivity contribution in [1.29, 1.82) is 0 Å². The van der Waals surface area contributed by atoms with Crippen LogP contribution in [0.15, 0.2) is 54.9 Å². The third-order valence-electron chi connectivity index (χ3n) is 6.07. The minimum atomic E-state index is -3.44. The van der Waals surface area contributed by atoms with Gasteiger partial charge in [-0.2, -0.15) is 0 Å². The van der Waals surface area contributed by atoms with Crippen LogP contribution in [0.3, 0.4) is 0 Å². The summed E-state index contributed by atoms with van der Waals surface area (Å²) in [4.78, 5) is 27.1. The number of pyridine rings is 1. The molecule has 0 bridgehead atoms. The van der Waals surface area contributed by atoms with E-state index in [0.29, 0.717) is 17.0 Å². The van der Waals surface area contributed by atoms with Crippen molar-refractivity contribution in [3.8, 4) is 11.3 Å². The highest BCUT2D eigenvalue weighted by Crippen LogP contribution is 2.25. The largest absolute Gasteiger partial charge is 0.372 e. The minimum absolute atomic E-state index is 0.152. The maximum atomic E-state index is 12.4. The maximum absolute atomic E-state index is 12.4. The van der Waals surface area contributed by atoms with Crippen molar-refractivity contribution in [2.45, 2.75) is 32.6 Å². The van der Waals surface area contributed by atoms with Crippen molar-refractivity contribution in [2.24, 2.45) is 0 Å². The van der Waals surface area contributed by atoms with E-state index >= 15 is 0 Å². The van der Waals surface area contributed by atoms with Crippen molar-refractivity contribution in [3.05, 3.63) is 66.2 Å². The van der Waals surface area contributed by atoms with Crippen LogP contribution >= 0.6 is 0 Å². The maximum Gasteiger partial charge on any atom is 0.253 e. The van der Waals surface area contributed by atoms with Gasteiger partial charge in [0.25, 0.3) is 5.91 Å². The van der Waals surface area contributed by atoms with E-state index in [9.17, 15) is 13.2 Å². The van der Waals surface area contributed by atoms with Gasteiger partial charge in [0.15, 0.2) is 5.65 Å². The first-order valence-electron chi connectivity index (χ1n) is 11.7. The molecule has 4 heterocycles. The lowest BCUT2D eigenvalue weighted by Crippen LogP contribution is -2.45.